The average Bonchev–Trinajstić information content (AvgIpc) is 2.41. The van der Waals surface area contributed by atoms with Gasteiger partial charge < -0.3 is 5.73 Å². The molecule has 0 spiro atoms. The van der Waals surface area contributed by atoms with E-state index in [2.05, 4.69) is 13.8 Å². The van der Waals surface area contributed by atoms with E-state index in [-0.39, 0.29) is 16.8 Å². The van der Waals surface area contributed by atoms with Gasteiger partial charge in [0.25, 0.3) is 0 Å². The standard InChI is InChI=1S/C14H20FN/c1-10-7-11(9-12(15)8-10)14(16)6-4-5-13(14,2)3/h7-9H,4-6,16H2,1-3H3. The Morgan fingerprint density at radius 3 is 2.38 bits per heavy atom. The van der Waals surface area contributed by atoms with E-state index in [1.54, 1.807) is 12.1 Å². The van der Waals surface area contributed by atoms with Crippen molar-refractivity contribution in [2.45, 2.75) is 45.6 Å². The van der Waals surface area contributed by atoms with Crippen LogP contribution < -0.4 is 5.73 Å². The Morgan fingerprint density at radius 1 is 1.19 bits per heavy atom. The second kappa shape index (κ2) is 3.56. The van der Waals surface area contributed by atoms with Crippen LogP contribution in [0.5, 0.6) is 0 Å². The smallest absolute Gasteiger partial charge is 0.123 e. The minimum absolute atomic E-state index is 0.0488. The van der Waals surface area contributed by atoms with Crippen molar-refractivity contribution in [3.63, 3.8) is 0 Å². The van der Waals surface area contributed by atoms with Crippen LogP contribution in [-0.4, -0.2) is 0 Å². The van der Waals surface area contributed by atoms with Crippen LogP contribution >= 0.6 is 0 Å². The van der Waals surface area contributed by atoms with Crippen LogP contribution in [0.1, 0.15) is 44.2 Å². The van der Waals surface area contributed by atoms with Gasteiger partial charge >= 0.3 is 0 Å². The molecular formula is C14H20FN. The highest BCUT2D eigenvalue weighted by Crippen LogP contribution is 2.50. The second-order valence-electron chi connectivity index (χ2n) is 5.73. The van der Waals surface area contributed by atoms with Gasteiger partial charge in [0.2, 0.25) is 0 Å². The number of benzene rings is 1. The number of nitrogens with two attached hydrogens (primary N) is 1. The minimum Gasteiger partial charge on any atom is -0.321 e. The zero-order chi connectivity index (χ0) is 12.0. The van der Waals surface area contributed by atoms with Crippen molar-refractivity contribution < 1.29 is 4.39 Å². The van der Waals surface area contributed by atoms with E-state index in [9.17, 15) is 4.39 Å². The van der Waals surface area contributed by atoms with Crippen LogP contribution in [0.25, 0.3) is 0 Å². The number of rotatable bonds is 1. The maximum absolute atomic E-state index is 13.4. The summed E-state index contributed by atoms with van der Waals surface area (Å²) in [5.41, 5.74) is 8.10. The molecule has 16 heavy (non-hydrogen) atoms. The zero-order valence-corrected chi connectivity index (χ0v) is 10.3. The van der Waals surface area contributed by atoms with Gasteiger partial charge in [0.1, 0.15) is 5.82 Å². The van der Waals surface area contributed by atoms with Gasteiger partial charge in [-0.3, -0.25) is 0 Å². The Morgan fingerprint density at radius 2 is 1.88 bits per heavy atom. The van der Waals surface area contributed by atoms with Gasteiger partial charge in [-0.1, -0.05) is 26.3 Å². The molecule has 1 saturated carbocycles. The molecular weight excluding hydrogens is 201 g/mol. The molecule has 1 atom stereocenters. The zero-order valence-electron chi connectivity index (χ0n) is 10.3. The Kier molecular flexibility index (Phi) is 2.58. The van der Waals surface area contributed by atoms with Gasteiger partial charge in [-0.2, -0.15) is 0 Å². The largest absolute Gasteiger partial charge is 0.321 e. The maximum Gasteiger partial charge on any atom is 0.123 e. The molecule has 2 N–H and O–H groups in total. The van der Waals surface area contributed by atoms with Gasteiger partial charge in [0.15, 0.2) is 0 Å². The third kappa shape index (κ3) is 1.65. The monoisotopic (exact) mass is 221 g/mol. The van der Waals surface area contributed by atoms with Gasteiger partial charge in [0.05, 0.1) is 0 Å². The lowest BCUT2D eigenvalue weighted by Gasteiger charge is -2.39. The fraction of sp³-hybridized carbons (Fsp3) is 0.571. The van der Waals surface area contributed by atoms with E-state index in [4.69, 9.17) is 5.73 Å². The SMILES string of the molecule is Cc1cc(F)cc(C2(N)CCCC2(C)C)c1. The van der Waals surface area contributed by atoms with Crippen LogP contribution in [0.2, 0.25) is 0 Å². The quantitative estimate of drug-likeness (QED) is 0.771. The van der Waals surface area contributed by atoms with E-state index in [1.807, 2.05) is 13.0 Å². The third-order valence-corrected chi connectivity index (χ3v) is 4.14. The molecule has 0 heterocycles. The van der Waals surface area contributed by atoms with Crippen LogP contribution in [-0.2, 0) is 5.54 Å². The summed E-state index contributed by atoms with van der Waals surface area (Å²) < 4.78 is 13.4. The molecule has 2 rings (SSSR count). The molecule has 2 heteroatoms. The number of hydrogen-bond donors (Lipinski definition) is 1. The summed E-state index contributed by atoms with van der Waals surface area (Å²) in [6.45, 7) is 6.28. The number of halogens is 1. The first-order valence-corrected chi connectivity index (χ1v) is 5.92. The summed E-state index contributed by atoms with van der Waals surface area (Å²) in [6.07, 6.45) is 3.18. The van der Waals surface area contributed by atoms with Crippen LogP contribution in [0, 0.1) is 18.2 Å². The normalized spacial score (nSPS) is 28.3. The van der Waals surface area contributed by atoms with E-state index in [0.717, 1.165) is 30.4 Å². The lowest BCUT2D eigenvalue weighted by atomic mass is 9.71. The average molecular weight is 221 g/mol. The highest BCUT2D eigenvalue weighted by atomic mass is 19.1. The highest BCUT2D eigenvalue weighted by Gasteiger charge is 2.47. The molecule has 1 nitrogen and oxygen atoms in total. The molecule has 0 amide bonds. The van der Waals surface area contributed by atoms with Crippen LogP contribution in [0.4, 0.5) is 4.39 Å². The van der Waals surface area contributed by atoms with Gasteiger partial charge in [-0.15, -0.1) is 0 Å². The van der Waals surface area contributed by atoms with Crippen molar-refractivity contribution in [2.24, 2.45) is 11.1 Å². The molecule has 0 aliphatic heterocycles. The molecule has 0 aromatic heterocycles. The van der Waals surface area contributed by atoms with Crippen molar-refractivity contribution in [1.29, 1.82) is 0 Å². The lowest BCUT2D eigenvalue weighted by Crippen LogP contribution is -2.45. The highest BCUT2D eigenvalue weighted by molar-refractivity contribution is 5.32. The fourth-order valence-electron chi connectivity index (χ4n) is 2.90. The van der Waals surface area contributed by atoms with Gasteiger partial charge in [-0.05, 0) is 48.4 Å². The summed E-state index contributed by atoms with van der Waals surface area (Å²) in [7, 11) is 0. The minimum atomic E-state index is -0.375. The second-order valence-corrected chi connectivity index (χ2v) is 5.73. The maximum atomic E-state index is 13.4. The van der Waals surface area contributed by atoms with Crippen molar-refractivity contribution in [2.75, 3.05) is 0 Å². The predicted molar refractivity (Wildman–Crippen MR) is 64.6 cm³/mol. The summed E-state index contributed by atoms with van der Waals surface area (Å²) in [4.78, 5) is 0. The summed E-state index contributed by atoms with van der Waals surface area (Å²) >= 11 is 0. The molecule has 1 unspecified atom stereocenters. The van der Waals surface area contributed by atoms with E-state index >= 15 is 0 Å². The molecule has 1 aliphatic carbocycles. The fourth-order valence-corrected chi connectivity index (χ4v) is 2.90. The topological polar surface area (TPSA) is 26.0 Å². The molecule has 0 bridgehead atoms. The van der Waals surface area contributed by atoms with Gasteiger partial charge in [-0.25, -0.2) is 4.39 Å². The summed E-state index contributed by atoms with van der Waals surface area (Å²) in [6, 6.07) is 5.17. The Labute approximate surface area is 96.9 Å². The van der Waals surface area contributed by atoms with E-state index < -0.39 is 0 Å². The van der Waals surface area contributed by atoms with Crippen LogP contribution in [0.15, 0.2) is 18.2 Å². The first kappa shape index (κ1) is 11.6. The number of aryl methyl sites for hydroxylation is 1. The Bertz CT molecular complexity index is 391. The number of hydrogen-bond acceptors (Lipinski definition) is 1. The molecule has 1 aromatic rings. The van der Waals surface area contributed by atoms with Crippen molar-refractivity contribution >= 4 is 0 Å². The Balaban J connectivity index is 2.50. The molecule has 0 saturated heterocycles. The third-order valence-electron chi connectivity index (χ3n) is 4.14. The predicted octanol–water partition coefficient (Wildman–Crippen LogP) is 3.50. The van der Waals surface area contributed by atoms with Crippen molar-refractivity contribution in [1.82, 2.24) is 0 Å². The molecule has 88 valence electrons. The van der Waals surface area contributed by atoms with E-state index in [1.165, 1.54) is 0 Å². The first-order valence-electron chi connectivity index (χ1n) is 5.92. The molecule has 0 radical (unpaired) electrons. The molecule has 1 fully saturated rings. The van der Waals surface area contributed by atoms with Crippen LogP contribution in [0.3, 0.4) is 0 Å². The van der Waals surface area contributed by atoms with Gasteiger partial charge in [0, 0.05) is 5.54 Å². The summed E-state index contributed by atoms with van der Waals surface area (Å²) in [5.74, 6) is -0.178. The lowest BCUT2D eigenvalue weighted by molar-refractivity contribution is 0.209. The Hall–Kier alpha value is -0.890. The molecule has 1 aliphatic rings. The van der Waals surface area contributed by atoms with E-state index in [0.29, 0.717) is 0 Å². The molecule has 1 aromatic carbocycles. The van der Waals surface area contributed by atoms with Crippen molar-refractivity contribution in [3.8, 4) is 0 Å². The summed E-state index contributed by atoms with van der Waals surface area (Å²) in [5, 5.41) is 0. The van der Waals surface area contributed by atoms with Crippen molar-refractivity contribution in [3.05, 3.63) is 35.1 Å². The first-order chi connectivity index (χ1) is 7.35.